The first-order valence-electron chi connectivity index (χ1n) is 11.0. The largest absolute Gasteiger partial charge is 0.350 e. The van der Waals surface area contributed by atoms with Gasteiger partial charge in [0, 0.05) is 49.2 Å². The third-order valence-corrected chi connectivity index (χ3v) is 6.32. The van der Waals surface area contributed by atoms with Gasteiger partial charge < -0.3 is 9.47 Å². The molecule has 1 aromatic heterocycles. The maximum absolute atomic E-state index is 13.2. The Balaban J connectivity index is 1.49. The van der Waals surface area contributed by atoms with E-state index in [0.717, 1.165) is 37.9 Å². The highest BCUT2D eigenvalue weighted by Crippen LogP contribution is 2.26. The van der Waals surface area contributed by atoms with Crippen molar-refractivity contribution in [1.82, 2.24) is 9.47 Å². The molecule has 1 aliphatic rings. The summed E-state index contributed by atoms with van der Waals surface area (Å²) < 4.78 is 1.83. The molecule has 3 aromatic rings. The van der Waals surface area contributed by atoms with Gasteiger partial charge in [-0.1, -0.05) is 37.3 Å². The van der Waals surface area contributed by atoms with Crippen LogP contribution in [-0.4, -0.2) is 40.0 Å². The van der Waals surface area contributed by atoms with Crippen molar-refractivity contribution < 1.29 is 14.4 Å². The predicted molar refractivity (Wildman–Crippen MR) is 121 cm³/mol. The Bertz CT molecular complexity index is 1120. The number of amides is 1. The lowest BCUT2D eigenvalue weighted by molar-refractivity contribution is -0.114. The first-order valence-corrected chi connectivity index (χ1v) is 11.0. The maximum Gasteiger partial charge on any atom is 0.253 e. The van der Waals surface area contributed by atoms with Crippen molar-refractivity contribution in [2.45, 2.75) is 32.6 Å². The number of fused-ring (bicyclic) bond motifs is 1. The van der Waals surface area contributed by atoms with Gasteiger partial charge in [-0.3, -0.25) is 14.4 Å². The number of likely N-dealkylation sites (tertiary alicyclic amines) is 1. The molecule has 1 saturated heterocycles. The van der Waals surface area contributed by atoms with Crippen LogP contribution < -0.4 is 0 Å². The Kier molecular flexibility index (Phi) is 6.03. The van der Waals surface area contributed by atoms with E-state index in [1.54, 1.807) is 19.2 Å². The van der Waals surface area contributed by atoms with Gasteiger partial charge in [-0.15, -0.1) is 0 Å². The Morgan fingerprint density at radius 1 is 1.00 bits per heavy atom. The number of ketones is 2. The zero-order valence-electron chi connectivity index (χ0n) is 18.1. The number of carbonyl (C=O) groups excluding carboxylic acids is 3. The predicted octanol–water partition coefficient (Wildman–Crippen LogP) is 4.44. The maximum atomic E-state index is 13.2. The van der Waals surface area contributed by atoms with Gasteiger partial charge in [0.2, 0.25) is 11.6 Å². The van der Waals surface area contributed by atoms with Crippen molar-refractivity contribution in [3.05, 3.63) is 71.4 Å². The van der Waals surface area contributed by atoms with Gasteiger partial charge in [-0.25, -0.2) is 0 Å². The van der Waals surface area contributed by atoms with Crippen LogP contribution in [0.25, 0.3) is 10.9 Å². The molecule has 31 heavy (non-hydrogen) atoms. The van der Waals surface area contributed by atoms with Crippen molar-refractivity contribution in [1.29, 1.82) is 0 Å². The lowest BCUT2D eigenvalue weighted by atomic mass is 9.90. The fraction of sp³-hybridized carbons (Fsp3) is 0.346. The SMILES string of the molecule is CCC(=O)C(=O)c1cn(C)c2ccc(C(=O)N3CCC(Cc4ccccc4)CC3)cc12. The topological polar surface area (TPSA) is 59.4 Å². The first-order chi connectivity index (χ1) is 15.0. The Hall–Kier alpha value is -3.21. The van der Waals surface area contributed by atoms with Crippen LogP contribution in [0, 0.1) is 5.92 Å². The standard InChI is InChI=1S/C26H28N2O3/c1-3-24(29)25(30)22-17-27(2)23-10-9-20(16-21(22)23)26(31)28-13-11-19(12-14-28)15-18-7-5-4-6-8-18/h4-10,16-17,19H,3,11-15H2,1-2H3. The van der Waals surface area contributed by atoms with Crippen molar-refractivity contribution in [2.24, 2.45) is 13.0 Å². The van der Waals surface area contributed by atoms with Gasteiger partial charge in [0.15, 0.2) is 0 Å². The Labute approximate surface area is 182 Å². The third kappa shape index (κ3) is 4.31. The number of aryl methyl sites for hydroxylation is 1. The number of nitrogens with zero attached hydrogens (tertiary/aromatic N) is 2. The number of rotatable bonds is 6. The molecule has 0 spiro atoms. The minimum atomic E-state index is -0.487. The summed E-state index contributed by atoms with van der Waals surface area (Å²) in [7, 11) is 1.84. The molecule has 0 atom stereocenters. The molecule has 1 amide bonds. The Morgan fingerprint density at radius 2 is 1.71 bits per heavy atom. The summed E-state index contributed by atoms with van der Waals surface area (Å²) in [6.45, 7) is 3.16. The number of hydrogen-bond donors (Lipinski definition) is 0. The molecule has 0 N–H and O–H groups in total. The van der Waals surface area contributed by atoms with Gasteiger partial charge in [0.05, 0.1) is 5.56 Å². The van der Waals surface area contributed by atoms with Crippen molar-refractivity contribution in [3.8, 4) is 0 Å². The average molecular weight is 417 g/mol. The third-order valence-electron chi connectivity index (χ3n) is 6.32. The molecule has 0 aliphatic carbocycles. The zero-order valence-corrected chi connectivity index (χ0v) is 18.1. The molecule has 1 aliphatic heterocycles. The van der Waals surface area contributed by atoms with Gasteiger partial charge in [-0.05, 0) is 48.9 Å². The molecule has 1 fully saturated rings. The second-order valence-electron chi connectivity index (χ2n) is 8.42. The number of benzene rings is 2. The second-order valence-corrected chi connectivity index (χ2v) is 8.42. The number of piperidine rings is 1. The second kappa shape index (κ2) is 8.88. The summed E-state index contributed by atoms with van der Waals surface area (Å²) in [5.74, 6) is -0.319. The number of hydrogen-bond acceptors (Lipinski definition) is 3. The van der Waals surface area contributed by atoms with Gasteiger partial charge in [0.1, 0.15) is 0 Å². The quantitative estimate of drug-likeness (QED) is 0.441. The van der Waals surface area contributed by atoms with Crippen molar-refractivity contribution in [2.75, 3.05) is 13.1 Å². The molecule has 0 bridgehead atoms. The van der Waals surface area contributed by atoms with E-state index in [2.05, 4.69) is 24.3 Å². The van der Waals surface area contributed by atoms with Crippen LogP contribution in [0.15, 0.2) is 54.7 Å². The van der Waals surface area contributed by atoms with E-state index in [4.69, 9.17) is 0 Å². The summed E-state index contributed by atoms with van der Waals surface area (Å²) in [6, 6.07) is 15.9. The minimum absolute atomic E-state index is 0.0101. The highest BCUT2D eigenvalue weighted by molar-refractivity contribution is 6.45. The fourth-order valence-electron chi connectivity index (χ4n) is 4.49. The van der Waals surface area contributed by atoms with E-state index in [9.17, 15) is 14.4 Å². The first kappa shape index (κ1) is 21.0. The molecule has 5 nitrogen and oxygen atoms in total. The van der Waals surface area contributed by atoms with E-state index in [-0.39, 0.29) is 12.3 Å². The molecule has 0 radical (unpaired) electrons. The fourth-order valence-corrected chi connectivity index (χ4v) is 4.49. The van der Waals surface area contributed by atoms with Gasteiger partial charge in [0.25, 0.3) is 5.91 Å². The average Bonchev–Trinajstić information content (AvgIpc) is 3.14. The lowest BCUT2D eigenvalue weighted by Crippen LogP contribution is -2.38. The summed E-state index contributed by atoms with van der Waals surface area (Å²) in [5, 5.41) is 0.666. The van der Waals surface area contributed by atoms with E-state index in [0.29, 0.717) is 22.4 Å². The van der Waals surface area contributed by atoms with Gasteiger partial charge in [-0.2, -0.15) is 0 Å². The lowest BCUT2D eigenvalue weighted by Gasteiger charge is -2.32. The van der Waals surface area contributed by atoms with Gasteiger partial charge >= 0.3 is 0 Å². The van der Waals surface area contributed by atoms with Crippen LogP contribution in [0.2, 0.25) is 0 Å². The summed E-state index contributed by atoms with van der Waals surface area (Å²) in [4.78, 5) is 39.5. The normalized spacial score (nSPS) is 14.7. The highest BCUT2D eigenvalue weighted by Gasteiger charge is 2.25. The van der Waals surface area contributed by atoms with Crippen LogP contribution in [0.4, 0.5) is 0 Å². The Morgan fingerprint density at radius 3 is 2.39 bits per heavy atom. The number of carbonyl (C=O) groups is 3. The molecule has 2 heterocycles. The molecule has 4 rings (SSSR count). The molecular weight excluding hydrogens is 388 g/mol. The monoisotopic (exact) mass is 416 g/mol. The summed E-state index contributed by atoms with van der Waals surface area (Å²) in [5.41, 5.74) is 3.13. The van der Waals surface area contributed by atoms with E-state index in [1.165, 1.54) is 5.56 Å². The summed E-state index contributed by atoms with van der Waals surface area (Å²) in [6.07, 6.45) is 4.89. The molecule has 160 valence electrons. The molecular formula is C26H28N2O3. The smallest absolute Gasteiger partial charge is 0.253 e. The molecule has 5 heteroatoms. The molecule has 0 unspecified atom stereocenters. The zero-order chi connectivity index (χ0) is 22.0. The molecule has 2 aromatic carbocycles. The number of Topliss-reactive ketones (excluding diaryl/α,β-unsaturated/α-hetero) is 2. The van der Waals surface area contributed by atoms with Crippen LogP contribution in [-0.2, 0) is 18.3 Å². The van der Waals surface area contributed by atoms with Crippen LogP contribution in [0.1, 0.15) is 52.5 Å². The van der Waals surface area contributed by atoms with E-state index < -0.39 is 11.6 Å². The summed E-state index contributed by atoms with van der Waals surface area (Å²) >= 11 is 0. The van der Waals surface area contributed by atoms with Crippen LogP contribution >= 0.6 is 0 Å². The number of aromatic nitrogens is 1. The van der Waals surface area contributed by atoms with Crippen molar-refractivity contribution in [3.63, 3.8) is 0 Å². The van der Waals surface area contributed by atoms with E-state index >= 15 is 0 Å². The van der Waals surface area contributed by atoms with Crippen molar-refractivity contribution >= 4 is 28.4 Å². The minimum Gasteiger partial charge on any atom is -0.350 e. The van der Waals surface area contributed by atoms with E-state index in [1.807, 2.05) is 34.7 Å². The van der Waals surface area contributed by atoms with Crippen LogP contribution in [0.3, 0.4) is 0 Å². The highest BCUT2D eigenvalue weighted by atomic mass is 16.2. The van der Waals surface area contributed by atoms with Crippen LogP contribution in [0.5, 0.6) is 0 Å². The molecule has 0 saturated carbocycles.